The molecule has 0 unspecified atom stereocenters. The maximum Gasteiger partial charge on any atom is 0.191 e. The molecule has 0 amide bonds. The fraction of sp³-hybridized carbons (Fsp3) is 0.174. The van der Waals surface area contributed by atoms with Crippen molar-refractivity contribution in [3.05, 3.63) is 90.3 Å². The maximum atomic E-state index is 5.28. The predicted molar refractivity (Wildman–Crippen MR) is 116 cm³/mol. The molecule has 6 heteroatoms. The number of ether oxygens (including phenoxy) is 1. The molecule has 0 saturated carbocycles. The summed E-state index contributed by atoms with van der Waals surface area (Å²) in [6.45, 7) is 0.813. The average molecular weight is 403 g/mol. The topological polar surface area (TPSA) is 52.8 Å². The third-order valence-corrected chi connectivity index (χ3v) is 5.66. The molecule has 29 heavy (non-hydrogen) atoms. The lowest BCUT2D eigenvalue weighted by atomic mass is 10.1. The van der Waals surface area contributed by atoms with Crippen molar-refractivity contribution in [2.75, 3.05) is 7.11 Å². The van der Waals surface area contributed by atoms with Crippen molar-refractivity contribution < 1.29 is 4.74 Å². The summed E-state index contributed by atoms with van der Waals surface area (Å²) in [7, 11) is 1.67. The highest BCUT2D eigenvalue weighted by atomic mass is 32.2. The lowest BCUT2D eigenvalue weighted by Gasteiger charge is -2.11. The molecular formula is C23H22N4OS. The molecule has 2 aromatic heterocycles. The van der Waals surface area contributed by atoms with Gasteiger partial charge in [-0.3, -0.25) is 4.98 Å². The zero-order chi connectivity index (χ0) is 19.9. The number of rotatable bonds is 8. The van der Waals surface area contributed by atoms with E-state index >= 15 is 0 Å². The number of nitrogens with zero attached hydrogens (tertiary/aromatic N) is 4. The zero-order valence-corrected chi connectivity index (χ0v) is 17.0. The second-order valence-electron chi connectivity index (χ2n) is 6.57. The van der Waals surface area contributed by atoms with Gasteiger partial charge in [0.15, 0.2) is 11.0 Å². The van der Waals surface area contributed by atoms with Gasteiger partial charge >= 0.3 is 0 Å². The number of pyridine rings is 1. The summed E-state index contributed by atoms with van der Waals surface area (Å²) in [5, 5.41) is 9.90. The number of aromatic nitrogens is 4. The third-order valence-electron chi connectivity index (χ3n) is 4.62. The van der Waals surface area contributed by atoms with Crippen LogP contribution in [0.3, 0.4) is 0 Å². The van der Waals surface area contributed by atoms with Crippen LogP contribution in [0.25, 0.3) is 11.4 Å². The van der Waals surface area contributed by atoms with Crippen LogP contribution in [0.1, 0.15) is 11.1 Å². The Hall–Kier alpha value is -3.12. The monoisotopic (exact) mass is 402 g/mol. The molecule has 2 heterocycles. The minimum Gasteiger partial charge on any atom is -0.497 e. The van der Waals surface area contributed by atoms with Crippen LogP contribution in [-0.4, -0.2) is 26.9 Å². The molecule has 0 atom stereocenters. The lowest BCUT2D eigenvalue weighted by Crippen LogP contribution is -2.05. The molecule has 4 aromatic rings. The van der Waals surface area contributed by atoms with Crippen LogP contribution in [-0.2, 0) is 18.7 Å². The van der Waals surface area contributed by atoms with E-state index in [0.717, 1.165) is 41.0 Å². The Labute approximate surface area is 174 Å². The molecule has 146 valence electrons. The van der Waals surface area contributed by atoms with Crippen LogP contribution >= 0.6 is 11.8 Å². The molecule has 0 bridgehead atoms. The molecule has 0 radical (unpaired) electrons. The first-order valence-corrected chi connectivity index (χ1v) is 10.5. The SMILES string of the molecule is COc1ccc(-c2nnc(SCc3cccnc3)n2CCc2ccccc2)cc1. The maximum absolute atomic E-state index is 5.28. The third kappa shape index (κ3) is 4.84. The fourth-order valence-electron chi connectivity index (χ4n) is 3.07. The molecule has 0 saturated heterocycles. The normalized spacial score (nSPS) is 10.8. The van der Waals surface area contributed by atoms with Gasteiger partial charge < -0.3 is 9.30 Å². The smallest absolute Gasteiger partial charge is 0.191 e. The highest BCUT2D eigenvalue weighted by molar-refractivity contribution is 7.98. The van der Waals surface area contributed by atoms with Crippen LogP contribution in [0.4, 0.5) is 0 Å². The van der Waals surface area contributed by atoms with Gasteiger partial charge in [0.1, 0.15) is 5.75 Å². The Bertz CT molecular complexity index is 1030. The number of hydrogen-bond donors (Lipinski definition) is 0. The van der Waals surface area contributed by atoms with Crippen molar-refractivity contribution >= 4 is 11.8 Å². The number of aryl methyl sites for hydroxylation is 1. The van der Waals surface area contributed by atoms with Gasteiger partial charge in [-0.25, -0.2) is 0 Å². The molecule has 0 spiro atoms. The Morgan fingerprint density at radius 1 is 0.897 bits per heavy atom. The van der Waals surface area contributed by atoms with E-state index in [2.05, 4.69) is 50.1 Å². The molecule has 5 nitrogen and oxygen atoms in total. The van der Waals surface area contributed by atoms with Crippen LogP contribution in [0, 0.1) is 0 Å². The summed E-state index contributed by atoms with van der Waals surface area (Å²) in [5.74, 6) is 2.51. The van der Waals surface area contributed by atoms with Crippen molar-refractivity contribution in [1.29, 1.82) is 0 Å². The number of methoxy groups -OCH3 is 1. The van der Waals surface area contributed by atoms with E-state index in [9.17, 15) is 0 Å². The summed E-state index contributed by atoms with van der Waals surface area (Å²) >= 11 is 1.68. The fourth-order valence-corrected chi connectivity index (χ4v) is 3.97. The van der Waals surface area contributed by atoms with Crippen LogP contribution < -0.4 is 4.74 Å². The minimum absolute atomic E-state index is 0.805. The van der Waals surface area contributed by atoms with Gasteiger partial charge in [0.05, 0.1) is 7.11 Å². The Morgan fingerprint density at radius 2 is 1.69 bits per heavy atom. The molecule has 2 aromatic carbocycles. The molecular weight excluding hydrogens is 380 g/mol. The minimum atomic E-state index is 0.805. The Kier molecular flexibility index (Phi) is 6.22. The molecule has 0 N–H and O–H groups in total. The quantitative estimate of drug-likeness (QED) is 0.393. The summed E-state index contributed by atoms with van der Waals surface area (Å²) in [5.41, 5.74) is 3.49. The number of thioether (sulfide) groups is 1. The summed E-state index contributed by atoms with van der Waals surface area (Å²) in [6.07, 6.45) is 4.60. The van der Waals surface area contributed by atoms with Crippen LogP contribution in [0.15, 0.2) is 84.3 Å². The van der Waals surface area contributed by atoms with Crippen LogP contribution in [0.2, 0.25) is 0 Å². The molecule has 4 rings (SSSR count). The zero-order valence-electron chi connectivity index (χ0n) is 16.2. The first-order chi connectivity index (χ1) is 14.3. The summed E-state index contributed by atoms with van der Waals surface area (Å²) in [6, 6.07) is 22.5. The largest absolute Gasteiger partial charge is 0.497 e. The first-order valence-electron chi connectivity index (χ1n) is 9.47. The van der Waals surface area contributed by atoms with Crippen molar-refractivity contribution in [1.82, 2.24) is 19.7 Å². The van der Waals surface area contributed by atoms with Gasteiger partial charge in [-0.2, -0.15) is 0 Å². The molecule has 0 aliphatic heterocycles. The molecule has 0 aliphatic rings. The van der Waals surface area contributed by atoms with E-state index in [1.165, 1.54) is 11.1 Å². The molecule has 0 fully saturated rings. The van der Waals surface area contributed by atoms with E-state index < -0.39 is 0 Å². The van der Waals surface area contributed by atoms with Crippen molar-refractivity contribution in [2.24, 2.45) is 0 Å². The Morgan fingerprint density at radius 3 is 2.41 bits per heavy atom. The second kappa shape index (κ2) is 9.39. The van der Waals surface area contributed by atoms with E-state index in [1.807, 2.05) is 42.6 Å². The Balaban J connectivity index is 1.60. The number of hydrogen-bond acceptors (Lipinski definition) is 5. The standard InChI is InChI=1S/C23H22N4OS/c1-28-21-11-9-20(10-12-21)22-25-26-23(29-17-19-8-5-14-24-16-19)27(22)15-13-18-6-3-2-4-7-18/h2-12,14,16H,13,15,17H2,1H3. The predicted octanol–water partition coefficient (Wildman–Crippen LogP) is 4.88. The van der Waals surface area contributed by atoms with Gasteiger partial charge in [0.25, 0.3) is 0 Å². The van der Waals surface area contributed by atoms with Gasteiger partial charge in [-0.1, -0.05) is 48.2 Å². The van der Waals surface area contributed by atoms with Crippen molar-refractivity contribution in [3.8, 4) is 17.1 Å². The highest BCUT2D eigenvalue weighted by Crippen LogP contribution is 2.27. The van der Waals surface area contributed by atoms with Crippen LogP contribution in [0.5, 0.6) is 5.75 Å². The van der Waals surface area contributed by atoms with Gasteiger partial charge in [-0.05, 0) is 47.9 Å². The van der Waals surface area contributed by atoms with Crippen molar-refractivity contribution in [3.63, 3.8) is 0 Å². The summed E-state index contributed by atoms with van der Waals surface area (Å²) in [4.78, 5) is 4.20. The average Bonchev–Trinajstić information content (AvgIpc) is 3.20. The second-order valence-corrected chi connectivity index (χ2v) is 7.51. The van der Waals surface area contributed by atoms with E-state index in [1.54, 1.807) is 25.1 Å². The van der Waals surface area contributed by atoms with Gasteiger partial charge in [0.2, 0.25) is 0 Å². The van der Waals surface area contributed by atoms with Gasteiger partial charge in [0, 0.05) is 30.3 Å². The van der Waals surface area contributed by atoms with E-state index in [0.29, 0.717) is 0 Å². The summed E-state index contributed by atoms with van der Waals surface area (Å²) < 4.78 is 7.48. The van der Waals surface area contributed by atoms with E-state index in [-0.39, 0.29) is 0 Å². The molecule has 0 aliphatic carbocycles. The number of benzene rings is 2. The first kappa shape index (κ1) is 19.2. The van der Waals surface area contributed by atoms with E-state index in [4.69, 9.17) is 4.74 Å². The highest BCUT2D eigenvalue weighted by Gasteiger charge is 2.15. The van der Waals surface area contributed by atoms with Gasteiger partial charge in [-0.15, -0.1) is 10.2 Å². The van der Waals surface area contributed by atoms with Crippen molar-refractivity contribution in [2.45, 2.75) is 23.9 Å². The lowest BCUT2D eigenvalue weighted by molar-refractivity contribution is 0.415.